The highest BCUT2D eigenvalue weighted by Gasteiger charge is 2.72. The molecule has 2 heterocycles. The molecule has 4 unspecified atom stereocenters. The average Bonchev–Trinajstić information content (AvgIpc) is 3.83. The molecule has 2 aromatic carbocycles. The van der Waals surface area contributed by atoms with E-state index >= 15 is 4.39 Å². The fourth-order valence-electron chi connectivity index (χ4n) is 3.68. The highest BCUT2D eigenvalue weighted by molar-refractivity contribution is 5.44. The fourth-order valence-corrected chi connectivity index (χ4v) is 3.68. The third-order valence-electron chi connectivity index (χ3n) is 6.20. The maximum absolute atomic E-state index is 16.2. The number of rotatable bonds is 15. The quantitative estimate of drug-likeness (QED) is 0.212. The molecule has 2 aromatic rings. The lowest BCUT2D eigenvalue weighted by molar-refractivity contribution is -0.323. The van der Waals surface area contributed by atoms with Crippen LogP contribution in [0.15, 0.2) is 48.5 Å². The third kappa shape index (κ3) is 7.36. The van der Waals surface area contributed by atoms with Gasteiger partial charge in [-0.25, -0.2) is 4.39 Å². The molecule has 0 amide bonds. The summed E-state index contributed by atoms with van der Waals surface area (Å²) in [5, 5.41) is 0. The van der Waals surface area contributed by atoms with Gasteiger partial charge in [-0.15, -0.1) is 0 Å². The molecule has 39 heavy (non-hydrogen) atoms. The molecule has 0 bridgehead atoms. The van der Waals surface area contributed by atoms with Crippen LogP contribution in [-0.4, -0.2) is 76.2 Å². The van der Waals surface area contributed by atoms with Crippen molar-refractivity contribution in [1.82, 2.24) is 0 Å². The minimum atomic E-state index is -6.16. The van der Waals surface area contributed by atoms with E-state index in [4.69, 9.17) is 28.4 Å². The lowest BCUT2D eigenvalue weighted by Crippen LogP contribution is -2.53. The zero-order chi connectivity index (χ0) is 28.3. The van der Waals surface area contributed by atoms with Gasteiger partial charge in [0.1, 0.15) is 36.9 Å². The minimum absolute atomic E-state index is 0.0606. The summed E-state index contributed by atoms with van der Waals surface area (Å²) in [5.41, 5.74) is -5.99. The van der Waals surface area contributed by atoms with Gasteiger partial charge in [-0.05, 0) is 38.1 Å². The SMILES string of the molecule is CC(COc1ccc(C(F)(c2ccc(OCC(C)OCC3CO3)cc2)C(F)(F)C(F)(F)F)cc1)OCC1CO1. The van der Waals surface area contributed by atoms with E-state index in [0.717, 1.165) is 48.5 Å². The Kier molecular flexibility index (Phi) is 8.99. The first-order valence-electron chi connectivity index (χ1n) is 12.5. The molecule has 0 aliphatic carbocycles. The normalized spacial score (nSPS) is 22.1. The van der Waals surface area contributed by atoms with Crippen molar-refractivity contribution in [2.24, 2.45) is 0 Å². The molecule has 6 nitrogen and oxygen atoms in total. The van der Waals surface area contributed by atoms with Gasteiger partial charge in [-0.3, -0.25) is 0 Å². The molecule has 2 aliphatic rings. The summed E-state index contributed by atoms with van der Waals surface area (Å²) in [4.78, 5) is 0. The Balaban J connectivity index is 1.46. The molecule has 4 atom stereocenters. The number of hydrogen-bond acceptors (Lipinski definition) is 6. The number of alkyl halides is 6. The summed E-state index contributed by atoms with van der Waals surface area (Å²) in [7, 11) is 0. The van der Waals surface area contributed by atoms with Crippen LogP contribution in [0.4, 0.5) is 26.3 Å². The van der Waals surface area contributed by atoms with Crippen molar-refractivity contribution in [3.63, 3.8) is 0 Å². The van der Waals surface area contributed by atoms with Crippen LogP contribution >= 0.6 is 0 Å². The standard InChI is InChI=1S/C27H30F6O6/c1-17(34-13-23-15-38-23)11-36-21-7-3-19(4-8-21)25(28,26(29,30)27(31,32)33)20-5-9-22(10-6-20)37-12-18(2)35-14-24-16-39-24/h3-10,17-18,23-24H,11-16H2,1-2H3. The van der Waals surface area contributed by atoms with E-state index in [-0.39, 0.29) is 49.1 Å². The summed E-state index contributed by atoms with van der Waals surface area (Å²) in [6, 6.07) is 7.96. The average molecular weight is 565 g/mol. The first kappa shape index (κ1) is 29.4. The number of halogens is 6. The van der Waals surface area contributed by atoms with E-state index in [9.17, 15) is 22.0 Å². The monoisotopic (exact) mass is 564 g/mol. The van der Waals surface area contributed by atoms with Gasteiger partial charge in [0.15, 0.2) is 0 Å². The van der Waals surface area contributed by atoms with Gasteiger partial charge in [0.05, 0.1) is 38.6 Å². The van der Waals surface area contributed by atoms with E-state index in [1.807, 2.05) is 0 Å². The van der Waals surface area contributed by atoms with Crippen LogP contribution in [0.1, 0.15) is 25.0 Å². The first-order chi connectivity index (χ1) is 18.4. The Morgan fingerprint density at radius 3 is 1.36 bits per heavy atom. The van der Waals surface area contributed by atoms with Crippen molar-refractivity contribution < 1.29 is 54.8 Å². The largest absolute Gasteiger partial charge is 0.491 e. The molecule has 4 rings (SSSR count). The van der Waals surface area contributed by atoms with Crippen molar-refractivity contribution in [3.05, 3.63) is 59.7 Å². The van der Waals surface area contributed by atoms with Crippen LogP contribution in [0.3, 0.4) is 0 Å². The second-order valence-corrected chi connectivity index (χ2v) is 9.60. The minimum Gasteiger partial charge on any atom is -0.491 e. The Bertz CT molecular complexity index is 984. The predicted octanol–water partition coefficient (Wildman–Crippen LogP) is 5.46. The number of hydrogen-bond donors (Lipinski definition) is 0. The lowest BCUT2D eigenvalue weighted by Gasteiger charge is -2.35. The first-order valence-corrected chi connectivity index (χ1v) is 12.5. The van der Waals surface area contributed by atoms with Gasteiger partial charge in [0.2, 0.25) is 5.67 Å². The third-order valence-corrected chi connectivity index (χ3v) is 6.20. The van der Waals surface area contributed by atoms with E-state index in [2.05, 4.69) is 0 Å². The van der Waals surface area contributed by atoms with E-state index in [0.29, 0.717) is 26.4 Å². The molecule has 0 spiro atoms. The highest BCUT2D eigenvalue weighted by Crippen LogP contribution is 2.54. The van der Waals surface area contributed by atoms with E-state index < -0.39 is 28.9 Å². The van der Waals surface area contributed by atoms with Gasteiger partial charge < -0.3 is 28.4 Å². The Morgan fingerprint density at radius 2 is 1.05 bits per heavy atom. The zero-order valence-corrected chi connectivity index (χ0v) is 21.4. The van der Waals surface area contributed by atoms with Gasteiger partial charge in [-0.2, -0.15) is 22.0 Å². The summed E-state index contributed by atoms with van der Waals surface area (Å²) in [5.74, 6) is -5.43. The van der Waals surface area contributed by atoms with Crippen LogP contribution in [-0.2, 0) is 24.6 Å². The molecule has 0 aromatic heterocycles. The van der Waals surface area contributed by atoms with Crippen molar-refractivity contribution in [2.45, 2.75) is 56.0 Å². The number of benzene rings is 2. The maximum atomic E-state index is 16.2. The summed E-state index contributed by atoms with van der Waals surface area (Å²) in [6.07, 6.45) is -6.70. The lowest BCUT2D eigenvalue weighted by atomic mass is 9.82. The molecule has 0 saturated carbocycles. The molecule has 216 valence electrons. The topological polar surface area (TPSA) is 62.0 Å². The summed E-state index contributed by atoms with van der Waals surface area (Å²) >= 11 is 0. The van der Waals surface area contributed by atoms with Crippen LogP contribution < -0.4 is 9.47 Å². The van der Waals surface area contributed by atoms with Crippen molar-refractivity contribution >= 4 is 0 Å². The van der Waals surface area contributed by atoms with Crippen molar-refractivity contribution in [2.75, 3.05) is 39.6 Å². The molecule has 0 N–H and O–H groups in total. The van der Waals surface area contributed by atoms with Crippen LogP contribution in [0.2, 0.25) is 0 Å². The zero-order valence-electron chi connectivity index (χ0n) is 21.4. The second kappa shape index (κ2) is 11.9. The molecular weight excluding hydrogens is 534 g/mol. The van der Waals surface area contributed by atoms with Crippen molar-refractivity contribution in [3.8, 4) is 11.5 Å². The second-order valence-electron chi connectivity index (χ2n) is 9.60. The van der Waals surface area contributed by atoms with Gasteiger partial charge in [0.25, 0.3) is 0 Å². The van der Waals surface area contributed by atoms with Gasteiger partial charge in [0, 0.05) is 11.1 Å². The van der Waals surface area contributed by atoms with E-state index in [1.54, 1.807) is 13.8 Å². The molecule has 2 fully saturated rings. The Labute approximate surface area is 222 Å². The van der Waals surface area contributed by atoms with Gasteiger partial charge >= 0.3 is 12.1 Å². The summed E-state index contributed by atoms with van der Waals surface area (Å²) < 4.78 is 118. The van der Waals surface area contributed by atoms with E-state index in [1.165, 1.54) is 0 Å². The fraction of sp³-hybridized carbons (Fsp3) is 0.556. The number of epoxide rings is 2. The predicted molar refractivity (Wildman–Crippen MR) is 127 cm³/mol. The summed E-state index contributed by atoms with van der Waals surface area (Å²) in [6.45, 7) is 5.72. The van der Waals surface area contributed by atoms with Crippen LogP contribution in [0.25, 0.3) is 0 Å². The van der Waals surface area contributed by atoms with Crippen molar-refractivity contribution in [1.29, 1.82) is 0 Å². The maximum Gasteiger partial charge on any atom is 0.457 e. The molecular formula is C27H30F6O6. The molecule has 2 saturated heterocycles. The van der Waals surface area contributed by atoms with Crippen LogP contribution in [0, 0.1) is 0 Å². The molecule has 2 aliphatic heterocycles. The Morgan fingerprint density at radius 1 is 0.692 bits per heavy atom. The molecule has 12 heteroatoms. The molecule has 0 radical (unpaired) electrons. The van der Waals surface area contributed by atoms with Crippen LogP contribution in [0.5, 0.6) is 11.5 Å². The van der Waals surface area contributed by atoms with Gasteiger partial charge in [-0.1, -0.05) is 24.3 Å². The highest BCUT2D eigenvalue weighted by atomic mass is 19.4. The number of ether oxygens (including phenoxy) is 6. The Hall–Kier alpha value is -2.54. The smallest absolute Gasteiger partial charge is 0.457 e.